The molecule has 6 nitrogen and oxygen atoms in total. The summed E-state index contributed by atoms with van der Waals surface area (Å²) in [5.41, 5.74) is 5.21. The largest absolute Gasteiger partial charge is 0.387 e. The summed E-state index contributed by atoms with van der Waals surface area (Å²) in [7, 11) is -1.97. The SMILES string of the molecule is CN(CC(=N)N)S(=O)(=O)N1CCCCCC1. The van der Waals surface area contributed by atoms with E-state index in [9.17, 15) is 8.42 Å². The lowest BCUT2D eigenvalue weighted by molar-refractivity contribution is 0.378. The van der Waals surface area contributed by atoms with Gasteiger partial charge >= 0.3 is 0 Å². The zero-order valence-electron chi connectivity index (χ0n) is 9.65. The molecule has 0 aliphatic carbocycles. The van der Waals surface area contributed by atoms with Crippen molar-refractivity contribution in [3.63, 3.8) is 0 Å². The van der Waals surface area contributed by atoms with Crippen LogP contribution in [0.2, 0.25) is 0 Å². The molecule has 7 heteroatoms. The Hall–Kier alpha value is -0.660. The van der Waals surface area contributed by atoms with Crippen molar-refractivity contribution < 1.29 is 8.42 Å². The van der Waals surface area contributed by atoms with E-state index in [1.165, 1.54) is 11.4 Å². The summed E-state index contributed by atoms with van der Waals surface area (Å²) in [6.45, 7) is 1.11. The Labute approximate surface area is 97.1 Å². The maximum atomic E-state index is 12.1. The molecule has 94 valence electrons. The van der Waals surface area contributed by atoms with Gasteiger partial charge in [-0.05, 0) is 12.8 Å². The molecule has 0 aromatic heterocycles. The first-order valence-electron chi connectivity index (χ1n) is 5.49. The van der Waals surface area contributed by atoms with Gasteiger partial charge in [-0.3, -0.25) is 5.41 Å². The predicted octanol–water partition coefficient (Wildman–Crippen LogP) is -0.0250. The van der Waals surface area contributed by atoms with E-state index < -0.39 is 10.2 Å². The minimum atomic E-state index is -3.43. The molecule has 0 unspecified atom stereocenters. The van der Waals surface area contributed by atoms with Gasteiger partial charge < -0.3 is 5.73 Å². The van der Waals surface area contributed by atoms with Crippen LogP contribution in [0, 0.1) is 5.41 Å². The maximum absolute atomic E-state index is 12.1. The van der Waals surface area contributed by atoms with Crippen LogP contribution >= 0.6 is 0 Å². The molecule has 0 aromatic carbocycles. The summed E-state index contributed by atoms with van der Waals surface area (Å²) in [4.78, 5) is 0. The molecule has 0 amide bonds. The Morgan fingerprint density at radius 3 is 2.25 bits per heavy atom. The van der Waals surface area contributed by atoms with Crippen LogP contribution in [0.4, 0.5) is 0 Å². The average molecular weight is 248 g/mol. The molecule has 0 radical (unpaired) electrons. The number of nitrogens with one attached hydrogen (secondary N) is 1. The van der Waals surface area contributed by atoms with Gasteiger partial charge in [-0.2, -0.15) is 17.0 Å². The summed E-state index contributed by atoms with van der Waals surface area (Å²) in [5.74, 6) is -0.138. The fourth-order valence-electron chi connectivity index (χ4n) is 1.79. The normalized spacial score (nSPS) is 19.6. The van der Waals surface area contributed by atoms with Crippen molar-refractivity contribution >= 4 is 16.0 Å². The van der Waals surface area contributed by atoms with E-state index in [0.717, 1.165) is 30.0 Å². The molecule has 0 atom stereocenters. The van der Waals surface area contributed by atoms with Crippen LogP contribution in [0.1, 0.15) is 25.7 Å². The topological polar surface area (TPSA) is 90.5 Å². The molecule has 1 saturated heterocycles. The lowest BCUT2D eigenvalue weighted by Gasteiger charge is -2.25. The molecule has 1 fully saturated rings. The zero-order valence-corrected chi connectivity index (χ0v) is 10.5. The minimum absolute atomic E-state index is 0.0428. The summed E-state index contributed by atoms with van der Waals surface area (Å²) in [5, 5.41) is 7.12. The lowest BCUT2D eigenvalue weighted by atomic mass is 10.2. The second-order valence-corrected chi connectivity index (χ2v) is 6.14. The van der Waals surface area contributed by atoms with Gasteiger partial charge in [0.1, 0.15) is 5.84 Å². The third-order valence-electron chi connectivity index (χ3n) is 2.68. The van der Waals surface area contributed by atoms with Crippen LogP contribution in [0.5, 0.6) is 0 Å². The molecule has 0 spiro atoms. The van der Waals surface area contributed by atoms with E-state index in [1.54, 1.807) is 0 Å². The lowest BCUT2D eigenvalue weighted by Crippen LogP contribution is -2.45. The number of hydrogen-bond acceptors (Lipinski definition) is 3. The number of hydrogen-bond donors (Lipinski definition) is 2. The van der Waals surface area contributed by atoms with Crippen LogP contribution in [-0.4, -0.2) is 49.5 Å². The van der Waals surface area contributed by atoms with E-state index in [4.69, 9.17) is 11.1 Å². The van der Waals surface area contributed by atoms with Crippen molar-refractivity contribution in [3.05, 3.63) is 0 Å². The van der Waals surface area contributed by atoms with Gasteiger partial charge in [0, 0.05) is 20.1 Å². The Morgan fingerprint density at radius 2 is 1.81 bits per heavy atom. The highest BCUT2D eigenvalue weighted by atomic mass is 32.2. The van der Waals surface area contributed by atoms with Crippen molar-refractivity contribution in [1.29, 1.82) is 5.41 Å². The number of nitrogens with zero attached hydrogens (tertiary/aromatic N) is 2. The second kappa shape index (κ2) is 5.60. The Balaban J connectivity index is 2.70. The van der Waals surface area contributed by atoms with Gasteiger partial charge in [0.15, 0.2) is 0 Å². The molecule has 0 bridgehead atoms. The first-order valence-corrected chi connectivity index (χ1v) is 6.88. The summed E-state index contributed by atoms with van der Waals surface area (Å²) >= 11 is 0. The van der Waals surface area contributed by atoms with Crippen molar-refractivity contribution in [2.75, 3.05) is 26.7 Å². The summed E-state index contributed by atoms with van der Waals surface area (Å²) in [6, 6.07) is 0. The quantitative estimate of drug-likeness (QED) is 0.541. The highest BCUT2D eigenvalue weighted by Crippen LogP contribution is 2.15. The second-order valence-electron chi connectivity index (χ2n) is 4.10. The Kier molecular flexibility index (Phi) is 4.69. The number of amidine groups is 1. The highest BCUT2D eigenvalue weighted by molar-refractivity contribution is 7.86. The van der Waals surface area contributed by atoms with Crippen LogP contribution in [0.15, 0.2) is 0 Å². The molecule has 1 heterocycles. The molecular formula is C9H20N4O2S. The third-order valence-corrected chi connectivity index (χ3v) is 4.61. The number of rotatable bonds is 4. The fourth-order valence-corrected chi connectivity index (χ4v) is 3.21. The van der Waals surface area contributed by atoms with Gasteiger partial charge in [0.05, 0.1) is 6.54 Å². The Morgan fingerprint density at radius 1 is 1.31 bits per heavy atom. The van der Waals surface area contributed by atoms with Crippen LogP contribution in [-0.2, 0) is 10.2 Å². The molecule has 1 aliphatic rings. The van der Waals surface area contributed by atoms with E-state index in [0.29, 0.717) is 13.1 Å². The number of likely N-dealkylation sites (N-methyl/N-ethyl adjacent to an activating group) is 1. The van der Waals surface area contributed by atoms with Gasteiger partial charge in [0.25, 0.3) is 10.2 Å². The molecule has 3 N–H and O–H groups in total. The van der Waals surface area contributed by atoms with Crippen molar-refractivity contribution in [3.8, 4) is 0 Å². The molecular weight excluding hydrogens is 228 g/mol. The van der Waals surface area contributed by atoms with Crippen LogP contribution < -0.4 is 5.73 Å². The van der Waals surface area contributed by atoms with Gasteiger partial charge in [-0.1, -0.05) is 12.8 Å². The minimum Gasteiger partial charge on any atom is -0.387 e. The van der Waals surface area contributed by atoms with E-state index >= 15 is 0 Å². The third kappa shape index (κ3) is 3.43. The molecule has 1 aliphatic heterocycles. The Bertz CT molecular complexity index is 333. The monoisotopic (exact) mass is 248 g/mol. The summed E-state index contributed by atoms with van der Waals surface area (Å²) in [6.07, 6.45) is 3.99. The van der Waals surface area contributed by atoms with Gasteiger partial charge in [-0.25, -0.2) is 0 Å². The smallest absolute Gasteiger partial charge is 0.282 e. The standard InChI is InChI=1S/C9H20N4O2S/c1-12(8-9(10)11)16(14,15)13-6-4-2-3-5-7-13/h2-8H2,1H3,(H3,10,11). The van der Waals surface area contributed by atoms with Gasteiger partial charge in [-0.15, -0.1) is 0 Å². The van der Waals surface area contributed by atoms with E-state index in [2.05, 4.69) is 0 Å². The van der Waals surface area contributed by atoms with Crippen molar-refractivity contribution in [2.45, 2.75) is 25.7 Å². The van der Waals surface area contributed by atoms with Crippen LogP contribution in [0.25, 0.3) is 0 Å². The highest BCUT2D eigenvalue weighted by Gasteiger charge is 2.27. The molecule has 1 rings (SSSR count). The first kappa shape index (κ1) is 13.4. The average Bonchev–Trinajstić information content (AvgIpc) is 2.44. The maximum Gasteiger partial charge on any atom is 0.282 e. The summed E-state index contributed by atoms with van der Waals surface area (Å²) < 4.78 is 26.8. The van der Waals surface area contributed by atoms with Crippen LogP contribution in [0.3, 0.4) is 0 Å². The fraction of sp³-hybridized carbons (Fsp3) is 0.889. The van der Waals surface area contributed by atoms with E-state index in [1.807, 2.05) is 0 Å². The molecule has 0 aromatic rings. The molecule has 16 heavy (non-hydrogen) atoms. The van der Waals surface area contributed by atoms with Crippen molar-refractivity contribution in [1.82, 2.24) is 8.61 Å². The zero-order chi connectivity index (χ0) is 12.2. The molecule has 0 saturated carbocycles. The first-order chi connectivity index (χ1) is 7.44. The predicted molar refractivity (Wildman–Crippen MR) is 63.5 cm³/mol. The van der Waals surface area contributed by atoms with E-state index in [-0.39, 0.29) is 12.4 Å². The van der Waals surface area contributed by atoms with Gasteiger partial charge in [0.2, 0.25) is 0 Å². The number of nitrogens with two attached hydrogens (primary N) is 1. The van der Waals surface area contributed by atoms with Crippen molar-refractivity contribution in [2.24, 2.45) is 5.73 Å².